The molecular weight excluding hydrogens is 366 g/mol. The highest BCUT2D eigenvalue weighted by atomic mass is 79.9. The molecule has 3 aromatic rings. The van der Waals surface area contributed by atoms with Crippen LogP contribution in [0.1, 0.15) is 11.1 Å². The lowest BCUT2D eigenvalue weighted by molar-refractivity contribution is -0.115. The Morgan fingerprint density at radius 2 is 1.79 bits per heavy atom. The third-order valence-corrected chi connectivity index (χ3v) is 4.20. The van der Waals surface area contributed by atoms with Crippen LogP contribution < -0.4 is 5.32 Å². The number of hydrogen-bond acceptors (Lipinski definition) is 2. The average Bonchev–Trinajstić information content (AvgIpc) is 3.03. The van der Waals surface area contributed by atoms with Gasteiger partial charge >= 0.3 is 0 Å². The van der Waals surface area contributed by atoms with Gasteiger partial charge in [0.05, 0.1) is 18.3 Å². The molecule has 4 nitrogen and oxygen atoms in total. The van der Waals surface area contributed by atoms with Gasteiger partial charge in [0, 0.05) is 17.2 Å². The minimum absolute atomic E-state index is 0.0417. The molecule has 0 aliphatic carbocycles. The number of benzene rings is 2. The zero-order valence-corrected chi connectivity index (χ0v) is 14.7. The molecule has 24 heavy (non-hydrogen) atoms. The van der Waals surface area contributed by atoms with Crippen molar-refractivity contribution in [2.75, 3.05) is 5.32 Å². The molecule has 122 valence electrons. The molecular formula is C19H18BrN3O. The fourth-order valence-corrected chi connectivity index (χ4v) is 2.70. The van der Waals surface area contributed by atoms with Crippen molar-refractivity contribution in [1.29, 1.82) is 0 Å². The Balaban J connectivity index is 1.51. The lowest BCUT2D eigenvalue weighted by Crippen LogP contribution is -2.13. The number of hydrogen-bond donors (Lipinski definition) is 1. The number of amides is 1. The number of anilines is 1. The van der Waals surface area contributed by atoms with Crippen LogP contribution in [-0.4, -0.2) is 15.7 Å². The van der Waals surface area contributed by atoms with Crippen molar-refractivity contribution in [2.24, 2.45) is 0 Å². The highest BCUT2D eigenvalue weighted by Gasteiger charge is 2.06. The predicted molar refractivity (Wildman–Crippen MR) is 98.8 cm³/mol. The van der Waals surface area contributed by atoms with Crippen LogP contribution in [0.2, 0.25) is 0 Å². The van der Waals surface area contributed by atoms with Crippen molar-refractivity contribution >= 4 is 27.5 Å². The molecule has 1 aromatic heterocycles. The van der Waals surface area contributed by atoms with Crippen LogP contribution in [-0.2, 0) is 24.2 Å². The monoisotopic (exact) mass is 383 g/mol. The molecule has 1 heterocycles. The van der Waals surface area contributed by atoms with Crippen molar-refractivity contribution in [3.8, 4) is 0 Å². The molecule has 0 fully saturated rings. The first-order valence-corrected chi connectivity index (χ1v) is 8.59. The molecule has 0 radical (unpaired) electrons. The molecule has 0 atom stereocenters. The lowest BCUT2D eigenvalue weighted by atomic mass is 10.1. The molecule has 0 saturated heterocycles. The van der Waals surface area contributed by atoms with Gasteiger partial charge in [-0.05, 0) is 29.7 Å². The number of aromatic nitrogens is 2. The summed E-state index contributed by atoms with van der Waals surface area (Å²) in [7, 11) is 0. The summed E-state index contributed by atoms with van der Waals surface area (Å²) >= 11 is 3.39. The van der Waals surface area contributed by atoms with Gasteiger partial charge in [-0.25, -0.2) is 0 Å². The lowest BCUT2D eigenvalue weighted by Gasteiger charge is -2.03. The SMILES string of the molecule is O=C(Cc1ccc(Br)cc1)Nc1cnn(CCc2ccccc2)c1. The highest BCUT2D eigenvalue weighted by Crippen LogP contribution is 2.12. The van der Waals surface area contributed by atoms with Crippen LogP contribution in [0.3, 0.4) is 0 Å². The van der Waals surface area contributed by atoms with E-state index in [9.17, 15) is 4.79 Å². The van der Waals surface area contributed by atoms with Gasteiger partial charge in [0.25, 0.3) is 0 Å². The number of aryl methyl sites for hydroxylation is 2. The molecule has 0 unspecified atom stereocenters. The Morgan fingerprint density at radius 3 is 2.54 bits per heavy atom. The van der Waals surface area contributed by atoms with E-state index in [4.69, 9.17) is 0 Å². The normalized spacial score (nSPS) is 10.5. The average molecular weight is 384 g/mol. The Morgan fingerprint density at radius 1 is 1.04 bits per heavy atom. The van der Waals surface area contributed by atoms with E-state index in [2.05, 4.69) is 38.5 Å². The highest BCUT2D eigenvalue weighted by molar-refractivity contribution is 9.10. The van der Waals surface area contributed by atoms with Crippen molar-refractivity contribution in [3.05, 3.63) is 82.6 Å². The Kier molecular flexibility index (Phi) is 5.43. The van der Waals surface area contributed by atoms with Crippen LogP contribution >= 0.6 is 15.9 Å². The largest absolute Gasteiger partial charge is 0.323 e. The maximum absolute atomic E-state index is 12.1. The van der Waals surface area contributed by atoms with Crippen LogP contribution in [0, 0.1) is 0 Å². The summed E-state index contributed by atoms with van der Waals surface area (Å²) in [6, 6.07) is 18.0. The predicted octanol–water partition coefficient (Wildman–Crippen LogP) is 4.07. The first-order chi connectivity index (χ1) is 11.7. The van der Waals surface area contributed by atoms with Crippen molar-refractivity contribution in [2.45, 2.75) is 19.4 Å². The Labute approximate surface area is 149 Å². The van der Waals surface area contributed by atoms with Gasteiger partial charge in [0.15, 0.2) is 0 Å². The molecule has 0 aliphatic rings. The van der Waals surface area contributed by atoms with E-state index < -0.39 is 0 Å². The quantitative estimate of drug-likeness (QED) is 0.697. The fourth-order valence-electron chi connectivity index (χ4n) is 2.43. The third-order valence-electron chi connectivity index (χ3n) is 3.67. The summed E-state index contributed by atoms with van der Waals surface area (Å²) in [5.41, 5.74) is 2.98. The van der Waals surface area contributed by atoms with Gasteiger partial charge < -0.3 is 5.32 Å². The van der Waals surface area contributed by atoms with Gasteiger partial charge in [0.1, 0.15) is 0 Å². The molecule has 0 bridgehead atoms. The third kappa shape index (κ3) is 4.80. The molecule has 5 heteroatoms. The zero-order chi connectivity index (χ0) is 16.8. The van der Waals surface area contributed by atoms with Crippen molar-refractivity contribution in [3.63, 3.8) is 0 Å². The van der Waals surface area contributed by atoms with E-state index in [-0.39, 0.29) is 5.91 Å². The number of rotatable bonds is 6. The molecule has 0 saturated carbocycles. The summed E-state index contributed by atoms with van der Waals surface area (Å²) in [5.74, 6) is -0.0417. The van der Waals surface area contributed by atoms with Crippen LogP contribution in [0.25, 0.3) is 0 Å². The summed E-state index contributed by atoms with van der Waals surface area (Å²) in [6.45, 7) is 0.784. The van der Waals surface area contributed by atoms with Gasteiger partial charge in [-0.2, -0.15) is 5.10 Å². The second-order valence-corrected chi connectivity index (χ2v) is 6.49. The molecule has 0 spiro atoms. The van der Waals surface area contributed by atoms with Crippen LogP contribution in [0.15, 0.2) is 71.5 Å². The van der Waals surface area contributed by atoms with Gasteiger partial charge in [-0.15, -0.1) is 0 Å². The fraction of sp³-hybridized carbons (Fsp3) is 0.158. The first-order valence-electron chi connectivity index (χ1n) is 7.80. The summed E-state index contributed by atoms with van der Waals surface area (Å²) in [4.78, 5) is 12.1. The van der Waals surface area contributed by atoms with E-state index in [1.54, 1.807) is 6.20 Å². The first kappa shape index (κ1) is 16.5. The number of halogens is 1. The zero-order valence-electron chi connectivity index (χ0n) is 13.2. The molecule has 1 N–H and O–H groups in total. The second kappa shape index (κ2) is 7.93. The Bertz CT molecular complexity index is 797. The Hall–Kier alpha value is -2.40. The van der Waals surface area contributed by atoms with Gasteiger partial charge in [-0.1, -0.05) is 58.4 Å². The van der Waals surface area contributed by atoms with Crippen LogP contribution in [0.5, 0.6) is 0 Å². The number of carbonyl (C=O) groups is 1. The summed E-state index contributed by atoms with van der Waals surface area (Å²) in [5, 5.41) is 7.19. The summed E-state index contributed by atoms with van der Waals surface area (Å²) in [6.07, 6.45) is 4.81. The van der Waals surface area contributed by atoms with E-state index in [1.807, 2.05) is 53.3 Å². The van der Waals surface area contributed by atoms with E-state index >= 15 is 0 Å². The topological polar surface area (TPSA) is 46.9 Å². The van der Waals surface area contributed by atoms with Crippen molar-refractivity contribution < 1.29 is 4.79 Å². The maximum atomic E-state index is 12.1. The standard InChI is InChI=1S/C19H18BrN3O/c20-17-8-6-16(7-9-17)12-19(24)22-18-13-21-23(14-18)11-10-15-4-2-1-3-5-15/h1-9,13-14H,10-12H2,(H,22,24). The van der Waals surface area contributed by atoms with E-state index in [0.717, 1.165) is 28.7 Å². The minimum Gasteiger partial charge on any atom is -0.323 e. The van der Waals surface area contributed by atoms with E-state index in [1.165, 1.54) is 5.56 Å². The van der Waals surface area contributed by atoms with E-state index in [0.29, 0.717) is 6.42 Å². The molecule has 1 amide bonds. The maximum Gasteiger partial charge on any atom is 0.228 e. The number of nitrogens with zero attached hydrogens (tertiary/aromatic N) is 2. The number of nitrogens with one attached hydrogen (secondary N) is 1. The minimum atomic E-state index is -0.0417. The second-order valence-electron chi connectivity index (χ2n) is 5.58. The molecule has 2 aromatic carbocycles. The van der Waals surface area contributed by atoms with Crippen molar-refractivity contribution in [1.82, 2.24) is 9.78 Å². The van der Waals surface area contributed by atoms with Gasteiger partial charge in [0.2, 0.25) is 5.91 Å². The summed E-state index contributed by atoms with van der Waals surface area (Å²) < 4.78 is 2.86. The molecule has 3 rings (SSSR count). The number of carbonyl (C=O) groups excluding carboxylic acids is 1. The van der Waals surface area contributed by atoms with Crippen LogP contribution in [0.4, 0.5) is 5.69 Å². The smallest absolute Gasteiger partial charge is 0.228 e. The van der Waals surface area contributed by atoms with Gasteiger partial charge in [-0.3, -0.25) is 9.48 Å². The molecule has 0 aliphatic heterocycles.